The van der Waals surface area contributed by atoms with Crippen LogP contribution in [0.1, 0.15) is 31.7 Å². The number of rotatable bonds is 5. The van der Waals surface area contributed by atoms with E-state index in [1.165, 1.54) is 6.42 Å². The lowest BCUT2D eigenvalue weighted by Gasteiger charge is -2.32. The molecule has 1 aliphatic rings. The average Bonchev–Trinajstić information content (AvgIpc) is 2.48. The molecule has 0 bridgehead atoms. The van der Waals surface area contributed by atoms with Crippen LogP contribution in [0.5, 0.6) is 0 Å². The van der Waals surface area contributed by atoms with Crippen molar-refractivity contribution < 1.29 is 9.53 Å². The summed E-state index contributed by atoms with van der Waals surface area (Å²) in [4.78, 5) is 14.0. The monoisotopic (exact) mass is 261 g/mol. The molecule has 1 fully saturated rings. The fraction of sp³-hybridized carbons (Fsp3) is 0.562. The minimum Gasteiger partial charge on any atom is -0.367 e. The van der Waals surface area contributed by atoms with Crippen molar-refractivity contribution in [2.75, 3.05) is 19.7 Å². The molecule has 104 valence electrons. The van der Waals surface area contributed by atoms with Crippen LogP contribution in [0.3, 0.4) is 0 Å². The van der Waals surface area contributed by atoms with Crippen molar-refractivity contribution in [1.82, 2.24) is 4.90 Å². The third-order valence-electron chi connectivity index (χ3n) is 3.79. The number of likely N-dealkylation sites (tertiary alicyclic amines) is 1. The van der Waals surface area contributed by atoms with Gasteiger partial charge >= 0.3 is 0 Å². The zero-order valence-corrected chi connectivity index (χ0v) is 11.7. The lowest BCUT2D eigenvalue weighted by atomic mass is 9.96. The van der Waals surface area contributed by atoms with Crippen LogP contribution in [0.25, 0.3) is 0 Å². The number of hydrogen-bond acceptors (Lipinski definition) is 2. The third kappa shape index (κ3) is 4.35. The molecular weight excluding hydrogens is 238 g/mol. The Bertz CT molecular complexity index is 391. The molecule has 1 atom stereocenters. The van der Waals surface area contributed by atoms with Crippen LogP contribution in [0, 0.1) is 5.92 Å². The number of ether oxygens (including phenoxy) is 1. The molecule has 1 heterocycles. The minimum atomic E-state index is 0.133. The molecule has 1 unspecified atom stereocenters. The Morgan fingerprint density at radius 3 is 2.89 bits per heavy atom. The van der Waals surface area contributed by atoms with Gasteiger partial charge < -0.3 is 9.64 Å². The average molecular weight is 261 g/mol. The van der Waals surface area contributed by atoms with Crippen LogP contribution in [-0.2, 0) is 16.1 Å². The van der Waals surface area contributed by atoms with Crippen LogP contribution in [0.2, 0.25) is 0 Å². The number of amides is 1. The van der Waals surface area contributed by atoms with Crippen molar-refractivity contribution in [3.63, 3.8) is 0 Å². The highest BCUT2D eigenvalue weighted by atomic mass is 16.5. The summed E-state index contributed by atoms with van der Waals surface area (Å²) < 4.78 is 5.51. The molecule has 1 aromatic carbocycles. The predicted octanol–water partition coefficient (Wildman–Crippen LogP) is 2.85. The molecule has 19 heavy (non-hydrogen) atoms. The molecule has 0 saturated carbocycles. The van der Waals surface area contributed by atoms with Gasteiger partial charge in [-0.3, -0.25) is 4.79 Å². The lowest BCUT2D eigenvalue weighted by Crippen LogP contribution is -2.41. The molecule has 0 radical (unpaired) electrons. The molecule has 1 aromatic rings. The molecule has 3 heteroatoms. The molecular formula is C16H23NO2. The van der Waals surface area contributed by atoms with Gasteiger partial charge in [0.1, 0.15) is 6.61 Å². The van der Waals surface area contributed by atoms with E-state index < -0.39 is 0 Å². The Morgan fingerprint density at radius 1 is 1.37 bits per heavy atom. The quantitative estimate of drug-likeness (QED) is 0.815. The largest absolute Gasteiger partial charge is 0.367 e. The maximum absolute atomic E-state index is 12.1. The second-order valence-corrected chi connectivity index (χ2v) is 5.23. The fourth-order valence-corrected chi connectivity index (χ4v) is 2.55. The first-order chi connectivity index (χ1) is 9.29. The Morgan fingerprint density at radius 2 is 2.16 bits per heavy atom. The van der Waals surface area contributed by atoms with Gasteiger partial charge in [0.2, 0.25) is 5.91 Å². The fourth-order valence-electron chi connectivity index (χ4n) is 2.55. The first-order valence-corrected chi connectivity index (χ1v) is 7.19. The van der Waals surface area contributed by atoms with E-state index in [0.717, 1.165) is 31.5 Å². The third-order valence-corrected chi connectivity index (χ3v) is 3.79. The Labute approximate surface area is 115 Å². The Balaban J connectivity index is 1.72. The maximum atomic E-state index is 12.1. The number of carbonyl (C=O) groups excluding carboxylic acids is 1. The molecule has 0 aromatic heterocycles. The SMILES string of the molecule is CCC1CCCN(C(=O)COCc2ccccc2)C1. The van der Waals surface area contributed by atoms with Gasteiger partial charge in [-0.25, -0.2) is 0 Å². The summed E-state index contributed by atoms with van der Waals surface area (Å²) >= 11 is 0. The van der Waals surface area contributed by atoms with Crippen LogP contribution in [0.4, 0.5) is 0 Å². The van der Waals surface area contributed by atoms with Gasteiger partial charge in [0.05, 0.1) is 6.61 Å². The standard InChI is InChI=1S/C16H23NO2/c1-2-14-9-6-10-17(11-14)16(18)13-19-12-15-7-4-3-5-8-15/h3-5,7-8,14H,2,6,9-13H2,1H3. The number of nitrogens with zero attached hydrogens (tertiary/aromatic N) is 1. The Hall–Kier alpha value is -1.35. The summed E-state index contributed by atoms with van der Waals surface area (Å²) in [6.07, 6.45) is 3.54. The minimum absolute atomic E-state index is 0.133. The summed E-state index contributed by atoms with van der Waals surface area (Å²) in [5, 5.41) is 0. The normalized spacial score (nSPS) is 19.4. The van der Waals surface area contributed by atoms with Gasteiger partial charge in [0.25, 0.3) is 0 Å². The van der Waals surface area contributed by atoms with Crippen molar-refractivity contribution in [2.45, 2.75) is 32.8 Å². The maximum Gasteiger partial charge on any atom is 0.248 e. The lowest BCUT2D eigenvalue weighted by molar-refractivity contribution is -0.138. The van der Waals surface area contributed by atoms with E-state index in [0.29, 0.717) is 12.5 Å². The zero-order valence-electron chi connectivity index (χ0n) is 11.7. The topological polar surface area (TPSA) is 29.5 Å². The van der Waals surface area contributed by atoms with Gasteiger partial charge in [0, 0.05) is 13.1 Å². The highest BCUT2D eigenvalue weighted by molar-refractivity contribution is 5.77. The molecule has 0 aliphatic carbocycles. The van der Waals surface area contributed by atoms with Crippen LogP contribution < -0.4 is 0 Å². The van der Waals surface area contributed by atoms with E-state index in [9.17, 15) is 4.79 Å². The predicted molar refractivity (Wildman–Crippen MR) is 75.7 cm³/mol. The van der Waals surface area contributed by atoms with E-state index >= 15 is 0 Å². The van der Waals surface area contributed by atoms with Crippen molar-refractivity contribution in [2.24, 2.45) is 5.92 Å². The van der Waals surface area contributed by atoms with E-state index in [4.69, 9.17) is 4.74 Å². The van der Waals surface area contributed by atoms with Crippen molar-refractivity contribution in [1.29, 1.82) is 0 Å². The van der Waals surface area contributed by atoms with Crippen LogP contribution in [-0.4, -0.2) is 30.5 Å². The highest BCUT2D eigenvalue weighted by Gasteiger charge is 2.22. The van der Waals surface area contributed by atoms with Gasteiger partial charge in [-0.1, -0.05) is 43.7 Å². The van der Waals surface area contributed by atoms with Gasteiger partial charge in [0.15, 0.2) is 0 Å². The van der Waals surface area contributed by atoms with Crippen molar-refractivity contribution in [3.05, 3.63) is 35.9 Å². The number of benzene rings is 1. The number of carbonyl (C=O) groups is 1. The summed E-state index contributed by atoms with van der Waals surface area (Å²) in [5.41, 5.74) is 1.11. The molecule has 1 saturated heterocycles. The summed E-state index contributed by atoms with van der Waals surface area (Å²) in [6.45, 7) is 4.71. The molecule has 1 aliphatic heterocycles. The zero-order chi connectivity index (χ0) is 13.5. The van der Waals surface area contributed by atoms with Crippen LogP contribution in [0.15, 0.2) is 30.3 Å². The summed E-state index contributed by atoms with van der Waals surface area (Å²) in [7, 11) is 0. The molecule has 2 rings (SSSR count). The highest BCUT2D eigenvalue weighted by Crippen LogP contribution is 2.19. The van der Waals surface area contributed by atoms with E-state index in [1.807, 2.05) is 35.2 Å². The number of piperidine rings is 1. The van der Waals surface area contributed by atoms with Gasteiger partial charge in [-0.2, -0.15) is 0 Å². The van der Waals surface area contributed by atoms with Gasteiger partial charge in [-0.15, -0.1) is 0 Å². The van der Waals surface area contributed by atoms with E-state index in [1.54, 1.807) is 0 Å². The Kier molecular flexibility index (Phi) is 5.40. The first-order valence-electron chi connectivity index (χ1n) is 7.19. The summed E-state index contributed by atoms with van der Waals surface area (Å²) in [6, 6.07) is 9.97. The summed E-state index contributed by atoms with van der Waals surface area (Å²) in [5.74, 6) is 0.806. The smallest absolute Gasteiger partial charge is 0.248 e. The molecule has 1 amide bonds. The van der Waals surface area contributed by atoms with Crippen molar-refractivity contribution in [3.8, 4) is 0 Å². The van der Waals surface area contributed by atoms with Crippen LogP contribution >= 0.6 is 0 Å². The second kappa shape index (κ2) is 7.29. The second-order valence-electron chi connectivity index (χ2n) is 5.23. The van der Waals surface area contributed by atoms with E-state index in [2.05, 4.69) is 6.92 Å². The molecule has 0 N–H and O–H groups in total. The molecule has 3 nitrogen and oxygen atoms in total. The molecule has 0 spiro atoms. The first kappa shape index (κ1) is 14.1. The van der Waals surface area contributed by atoms with Gasteiger partial charge in [-0.05, 0) is 24.3 Å². The number of hydrogen-bond donors (Lipinski definition) is 0. The van der Waals surface area contributed by atoms with Crippen molar-refractivity contribution >= 4 is 5.91 Å². The van der Waals surface area contributed by atoms with E-state index in [-0.39, 0.29) is 12.5 Å².